The Morgan fingerprint density at radius 1 is 1.19 bits per heavy atom. The molecule has 0 radical (unpaired) electrons. The van der Waals surface area contributed by atoms with Crippen LogP contribution in [-0.2, 0) is 19.1 Å². The molecular formula is C30H39N3O4. The highest BCUT2D eigenvalue weighted by Gasteiger charge is 2.72. The summed E-state index contributed by atoms with van der Waals surface area (Å²) in [6, 6.07) is 6.99. The lowest BCUT2D eigenvalue weighted by molar-refractivity contribution is -0.141. The van der Waals surface area contributed by atoms with Gasteiger partial charge in [-0.1, -0.05) is 70.9 Å². The van der Waals surface area contributed by atoms with Gasteiger partial charge in [0.1, 0.15) is 11.6 Å². The van der Waals surface area contributed by atoms with Crippen LogP contribution in [0.5, 0.6) is 0 Å². The van der Waals surface area contributed by atoms with Gasteiger partial charge in [-0.05, 0) is 41.9 Å². The maximum absolute atomic E-state index is 13.8. The van der Waals surface area contributed by atoms with Crippen molar-refractivity contribution in [1.82, 2.24) is 10.2 Å². The van der Waals surface area contributed by atoms with Crippen molar-refractivity contribution >= 4 is 23.4 Å². The van der Waals surface area contributed by atoms with Crippen LogP contribution in [0.2, 0.25) is 0 Å². The van der Waals surface area contributed by atoms with Crippen LogP contribution in [0, 0.1) is 23.7 Å². The summed E-state index contributed by atoms with van der Waals surface area (Å²) in [5.74, 6) is -0.887. The molecule has 1 aliphatic carbocycles. The molecule has 7 nitrogen and oxygen atoms in total. The predicted molar refractivity (Wildman–Crippen MR) is 143 cm³/mol. The van der Waals surface area contributed by atoms with Crippen LogP contribution >= 0.6 is 0 Å². The lowest BCUT2D eigenvalue weighted by Crippen LogP contribution is -2.57. The number of hydrogen-bond donors (Lipinski definition) is 2. The topological polar surface area (TPSA) is 87.7 Å². The smallest absolute Gasteiger partial charge is 0.246 e. The van der Waals surface area contributed by atoms with Crippen LogP contribution in [0.3, 0.4) is 0 Å². The number of hydrogen-bond acceptors (Lipinski definition) is 4. The molecule has 8 atom stereocenters. The Balaban J connectivity index is 1.40. The Bertz CT molecular complexity index is 1110. The lowest BCUT2D eigenvalue weighted by atomic mass is 9.73. The fraction of sp³-hybridized carbons (Fsp3) is 0.567. The first-order chi connectivity index (χ1) is 17.7. The zero-order chi connectivity index (χ0) is 26.5. The van der Waals surface area contributed by atoms with E-state index < -0.39 is 29.6 Å². The standard InChI is InChI=1S/C30H39N3O4/c1-6-16-33-26(28(35)32-22-9-7-8-18(4)19(22)5)30-15-14-23(37-30)24(25(30)29(33)36)27(34)31-21-12-10-20(11-13-21)17(2)3/h6,10-15,17-19,22-26H,1,7-9,16H2,2-5H3,(H,31,34)(H,32,35)/t18?,19?,22?,23-,24?,25-,26?,30?/m0/s1. The van der Waals surface area contributed by atoms with Gasteiger partial charge in [-0.25, -0.2) is 0 Å². The summed E-state index contributed by atoms with van der Waals surface area (Å²) >= 11 is 0. The van der Waals surface area contributed by atoms with Crippen molar-refractivity contribution in [3.05, 3.63) is 54.6 Å². The molecule has 4 aliphatic rings. The Hall–Kier alpha value is -2.93. The van der Waals surface area contributed by atoms with Crippen molar-refractivity contribution in [2.75, 3.05) is 11.9 Å². The van der Waals surface area contributed by atoms with Gasteiger partial charge >= 0.3 is 0 Å². The van der Waals surface area contributed by atoms with Crippen molar-refractivity contribution < 1.29 is 19.1 Å². The number of likely N-dealkylation sites (tertiary alicyclic amines) is 1. The van der Waals surface area contributed by atoms with Gasteiger partial charge in [0, 0.05) is 18.3 Å². The van der Waals surface area contributed by atoms with Crippen molar-refractivity contribution in [3.8, 4) is 0 Å². The molecule has 1 aromatic carbocycles. The molecule has 198 valence electrons. The highest BCUT2D eigenvalue weighted by molar-refractivity contribution is 6.02. The average molecular weight is 506 g/mol. The maximum atomic E-state index is 13.8. The largest absolute Gasteiger partial charge is 0.359 e. The summed E-state index contributed by atoms with van der Waals surface area (Å²) in [6.07, 6.45) is 7.94. The summed E-state index contributed by atoms with van der Waals surface area (Å²) < 4.78 is 6.39. The molecule has 3 fully saturated rings. The van der Waals surface area contributed by atoms with Crippen molar-refractivity contribution in [3.63, 3.8) is 0 Å². The number of nitrogens with one attached hydrogen (secondary N) is 2. The molecule has 5 rings (SSSR count). The van der Waals surface area contributed by atoms with Gasteiger partial charge in [0.2, 0.25) is 17.7 Å². The first kappa shape index (κ1) is 25.7. The monoisotopic (exact) mass is 505 g/mol. The Labute approximate surface area is 219 Å². The van der Waals surface area contributed by atoms with Crippen LogP contribution in [0.4, 0.5) is 5.69 Å². The van der Waals surface area contributed by atoms with E-state index in [1.165, 1.54) is 5.56 Å². The van der Waals surface area contributed by atoms with E-state index in [1.54, 1.807) is 11.0 Å². The van der Waals surface area contributed by atoms with Crippen molar-refractivity contribution in [1.29, 1.82) is 0 Å². The Kier molecular flexibility index (Phi) is 6.77. The van der Waals surface area contributed by atoms with E-state index in [1.807, 2.05) is 36.4 Å². The minimum absolute atomic E-state index is 0.0582. The minimum atomic E-state index is -1.15. The number of benzene rings is 1. The summed E-state index contributed by atoms with van der Waals surface area (Å²) in [7, 11) is 0. The molecule has 1 saturated carbocycles. The first-order valence-corrected chi connectivity index (χ1v) is 13.7. The van der Waals surface area contributed by atoms with E-state index in [4.69, 9.17) is 4.74 Å². The molecule has 7 heteroatoms. The van der Waals surface area contributed by atoms with Gasteiger partial charge in [-0.3, -0.25) is 14.4 Å². The number of fused-ring (bicyclic) bond motifs is 1. The zero-order valence-electron chi connectivity index (χ0n) is 22.3. The van der Waals surface area contributed by atoms with E-state index >= 15 is 0 Å². The van der Waals surface area contributed by atoms with Crippen LogP contribution < -0.4 is 10.6 Å². The number of amides is 3. The van der Waals surface area contributed by atoms with Crippen LogP contribution in [0.15, 0.2) is 49.1 Å². The number of nitrogens with zero attached hydrogens (tertiary/aromatic N) is 1. The molecule has 6 unspecified atom stereocenters. The highest BCUT2D eigenvalue weighted by Crippen LogP contribution is 2.55. The van der Waals surface area contributed by atoms with Gasteiger partial charge in [0.25, 0.3) is 0 Å². The third kappa shape index (κ3) is 4.21. The maximum Gasteiger partial charge on any atom is 0.246 e. The molecule has 2 saturated heterocycles. The second-order valence-electron chi connectivity index (χ2n) is 11.6. The van der Waals surface area contributed by atoms with Gasteiger partial charge in [0.15, 0.2) is 0 Å². The number of carbonyl (C=O) groups is 3. The van der Waals surface area contributed by atoms with Gasteiger partial charge in [0.05, 0.1) is 17.9 Å². The van der Waals surface area contributed by atoms with Gasteiger partial charge < -0.3 is 20.3 Å². The van der Waals surface area contributed by atoms with Crippen molar-refractivity contribution in [2.45, 2.75) is 76.7 Å². The molecule has 0 aromatic heterocycles. The van der Waals surface area contributed by atoms with Crippen LogP contribution in [0.1, 0.15) is 58.4 Å². The quantitative estimate of drug-likeness (QED) is 0.548. The minimum Gasteiger partial charge on any atom is -0.359 e. The SMILES string of the molecule is C=CCN1C(=O)[C@@H]2C(C(=O)Nc3ccc(C(C)C)cc3)[C@@H]3C=CC2(O3)C1C(=O)NC1CCCC(C)C1C. The second-order valence-corrected chi connectivity index (χ2v) is 11.6. The van der Waals surface area contributed by atoms with E-state index in [9.17, 15) is 14.4 Å². The van der Waals surface area contributed by atoms with Crippen LogP contribution in [0.25, 0.3) is 0 Å². The second kappa shape index (κ2) is 9.75. The number of rotatable bonds is 7. The molecule has 2 bridgehead atoms. The normalized spacial score (nSPS) is 36.1. The Morgan fingerprint density at radius 3 is 2.59 bits per heavy atom. The molecule has 1 aromatic rings. The lowest BCUT2D eigenvalue weighted by Gasteiger charge is -2.37. The Morgan fingerprint density at radius 2 is 1.92 bits per heavy atom. The van der Waals surface area contributed by atoms with E-state index in [-0.39, 0.29) is 30.3 Å². The number of ether oxygens (including phenoxy) is 1. The molecule has 3 aliphatic heterocycles. The van der Waals surface area contributed by atoms with Gasteiger partial charge in [-0.2, -0.15) is 0 Å². The third-order valence-corrected chi connectivity index (χ3v) is 9.13. The summed E-state index contributed by atoms with van der Waals surface area (Å²) in [6.45, 7) is 12.7. The van der Waals surface area contributed by atoms with Gasteiger partial charge in [-0.15, -0.1) is 6.58 Å². The predicted octanol–water partition coefficient (Wildman–Crippen LogP) is 4.03. The summed E-state index contributed by atoms with van der Waals surface area (Å²) in [5, 5.41) is 6.24. The van der Waals surface area contributed by atoms with Crippen molar-refractivity contribution in [2.24, 2.45) is 23.7 Å². The molecule has 37 heavy (non-hydrogen) atoms. The van der Waals surface area contributed by atoms with Crippen LogP contribution in [-0.4, -0.2) is 53.0 Å². The molecule has 2 N–H and O–H groups in total. The highest BCUT2D eigenvalue weighted by atomic mass is 16.5. The number of anilines is 1. The van der Waals surface area contributed by atoms with E-state index in [0.717, 1.165) is 19.3 Å². The zero-order valence-corrected chi connectivity index (χ0v) is 22.3. The third-order valence-electron chi connectivity index (χ3n) is 9.13. The molecule has 1 spiro atoms. The molecular weight excluding hydrogens is 466 g/mol. The van der Waals surface area contributed by atoms with E-state index in [2.05, 4.69) is 44.9 Å². The van der Waals surface area contributed by atoms with E-state index in [0.29, 0.717) is 23.4 Å². The fourth-order valence-corrected chi connectivity index (χ4v) is 6.83. The molecule has 3 heterocycles. The fourth-order valence-electron chi connectivity index (χ4n) is 6.83. The average Bonchev–Trinajstić information content (AvgIpc) is 3.50. The first-order valence-electron chi connectivity index (χ1n) is 13.7. The molecule has 3 amide bonds. The number of carbonyl (C=O) groups excluding carboxylic acids is 3. The summed E-state index contributed by atoms with van der Waals surface area (Å²) in [4.78, 5) is 42.7. The summed E-state index contributed by atoms with van der Waals surface area (Å²) in [5.41, 5.74) is 0.713.